The van der Waals surface area contributed by atoms with E-state index in [1.54, 1.807) is 18.2 Å². The minimum atomic E-state index is -2.74. The number of phenols is 13. The van der Waals surface area contributed by atoms with E-state index in [0.717, 1.165) is 42.5 Å². The largest absolute Gasteiger partial charge is 0.508 e. The van der Waals surface area contributed by atoms with Crippen LogP contribution in [0.5, 0.6) is 86.2 Å². The van der Waals surface area contributed by atoms with Gasteiger partial charge in [0, 0.05) is 24.6 Å². The fourth-order valence-corrected chi connectivity index (χ4v) is 6.51. The van der Waals surface area contributed by atoms with Crippen LogP contribution in [0.2, 0.25) is 0 Å². The predicted molar refractivity (Wildman–Crippen MR) is 344 cm³/mol. The third-order valence-electron chi connectivity index (χ3n) is 11.4. The molecule has 0 saturated heterocycles. The summed E-state index contributed by atoms with van der Waals surface area (Å²) in [5, 5.41) is 209. The van der Waals surface area contributed by atoms with E-state index in [0.29, 0.717) is 34.4 Å². The highest BCUT2D eigenvalue weighted by Crippen LogP contribution is 2.36. The average molecular weight is 1420 g/mol. The fourth-order valence-electron chi connectivity index (χ4n) is 6.51. The average Bonchev–Trinajstić information content (AvgIpc) is 0.864. The molecule has 36 heteroatoms. The highest BCUT2D eigenvalue weighted by Gasteiger charge is 2.40. The molecule has 0 amide bonds. The molecule has 101 heavy (non-hydrogen) atoms. The first kappa shape index (κ1) is 86.4. The Bertz CT molecular complexity index is 4040. The standard InChI is InChI=1S/C10H10O4.C9H10O4.2C9H8O4.C8H8O4.C7H6O5.C7H6O4.C6H8O7/c1-14-9-6-7(2-4-8(9)11)3-5-10(12)13;3*10-7-3-1-6(5-8(7)11)2-4-9(12)13;1-12-7-4-5(8(10)11)2-3-6(7)9;8-4-1-3(7(11)12)2-5(9)6(4)10;8-4-1-2-6(9)5(3-4)7(10)11;7-3(8)1-6(13,5(11)12)2-4(9)10/h2-6,11H,1H3,(H,12,13);1,3,5,10-11H,2,4H2,(H,12,13);2*1-5,10-11H,(H,12,13);2-4,9H,1H3,(H,10,11);1-2,8-10H,(H,11,12);1-3,8-9H,(H,10,11);13H,1-2H2,(H,7,8)(H,9,10)(H,11,12)/b5-3+;;2*4-2+;;;;. The van der Waals surface area contributed by atoms with Crippen LogP contribution in [0.4, 0.5) is 0 Å². The third-order valence-corrected chi connectivity index (χ3v) is 11.4. The summed E-state index contributed by atoms with van der Waals surface area (Å²) < 4.78 is 9.58. The molecule has 0 radical (unpaired) electrons. The lowest BCUT2D eigenvalue weighted by Gasteiger charge is -2.18. The van der Waals surface area contributed by atoms with Gasteiger partial charge in [-0.05, 0) is 144 Å². The molecule has 0 aliphatic carbocycles. The molecule has 0 fully saturated rings. The van der Waals surface area contributed by atoms with Crippen molar-refractivity contribution in [3.63, 3.8) is 0 Å². The Morgan fingerprint density at radius 3 is 1.06 bits per heavy atom. The van der Waals surface area contributed by atoms with Gasteiger partial charge in [0.05, 0.1) is 38.2 Å². The molecule has 0 unspecified atom stereocenters. The van der Waals surface area contributed by atoms with Gasteiger partial charge in [0.15, 0.2) is 80.3 Å². The molecule has 540 valence electrons. The van der Waals surface area contributed by atoms with E-state index in [1.807, 2.05) is 0 Å². The molecule has 0 bridgehead atoms. The number of aliphatic carboxylic acids is 7. The Morgan fingerprint density at radius 1 is 0.356 bits per heavy atom. The molecule has 0 heterocycles. The second kappa shape index (κ2) is 42.7. The van der Waals surface area contributed by atoms with Crippen LogP contribution < -0.4 is 9.47 Å². The summed E-state index contributed by atoms with van der Waals surface area (Å²) in [5.41, 5.74) is -0.870. The van der Waals surface area contributed by atoms with Gasteiger partial charge in [-0.1, -0.05) is 24.3 Å². The van der Waals surface area contributed by atoms with E-state index in [1.165, 1.54) is 111 Å². The van der Waals surface area contributed by atoms with Crippen molar-refractivity contribution in [2.45, 2.75) is 31.3 Å². The van der Waals surface area contributed by atoms with E-state index in [2.05, 4.69) is 0 Å². The summed E-state index contributed by atoms with van der Waals surface area (Å²) in [4.78, 5) is 102. The smallest absolute Gasteiger partial charge is 0.339 e. The summed E-state index contributed by atoms with van der Waals surface area (Å²) in [6, 6.07) is 25.8. The number of hydrogen-bond donors (Lipinski definition) is 24. The number of ether oxygens (including phenoxy) is 2. The van der Waals surface area contributed by atoms with Crippen molar-refractivity contribution < 1.29 is 180 Å². The van der Waals surface area contributed by atoms with Gasteiger partial charge in [0.2, 0.25) is 0 Å². The van der Waals surface area contributed by atoms with Crippen LogP contribution in [0, 0.1) is 0 Å². The Labute approximate surface area is 566 Å². The maximum absolute atomic E-state index is 10.4. The number of aromatic carboxylic acids is 3. The van der Waals surface area contributed by atoms with Crippen molar-refractivity contribution >= 4 is 77.9 Å². The van der Waals surface area contributed by atoms with Gasteiger partial charge < -0.3 is 132 Å². The van der Waals surface area contributed by atoms with Crippen molar-refractivity contribution in [1.82, 2.24) is 0 Å². The molecule has 24 N–H and O–H groups in total. The number of phenolic OH excluding ortho intramolecular Hbond substituents is 12. The first-order valence-electron chi connectivity index (χ1n) is 27.1. The van der Waals surface area contributed by atoms with E-state index >= 15 is 0 Å². The van der Waals surface area contributed by atoms with Crippen LogP contribution in [0.1, 0.15) is 72.6 Å². The lowest BCUT2D eigenvalue weighted by Crippen LogP contribution is -2.42. The number of aliphatic hydroxyl groups is 1. The number of benzene rings is 7. The van der Waals surface area contributed by atoms with Crippen LogP contribution >= 0.6 is 0 Å². The second-order valence-corrected chi connectivity index (χ2v) is 19.0. The Balaban J connectivity index is 0.00000113. The summed E-state index contributed by atoms with van der Waals surface area (Å²) in [5.74, 6) is -16.2. The molecule has 0 spiro atoms. The van der Waals surface area contributed by atoms with Crippen molar-refractivity contribution in [1.29, 1.82) is 0 Å². The quantitative estimate of drug-likeness (QED) is 0.0245. The lowest BCUT2D eigenvalue weighted by molar-refractivity contribution is -0.170. The van der Waals surface area contributed by atoms with Crippen LogP contribution in [-0.4, -0.2) is 202 Å². The topological polar surface area (TPSA) is 675 Å². The lowest BCUT2D eigenvalue weighted by atomic mass is 9.96. The van der Waals surface area contributed by atoms with E-state index < -0.39 is 95.4 Å². The van der Waals surface area contributed by atoms with Crippen LogP contribution in [-0.2, 0) is 40.0 Å². The van der Waals surface area contributed by atoms with Gasteiger partial charge in [0.1, 0.15) is 17.1 Å². The monoisotopic (exact) mass is 1420 g/mol. The van der Waals surface area contributed by atoms with Crippen LogP contribution in [0.15, 0.2) is 140 Å². The maximum Gasteiger partial charge on any atom is 0.339 e. The molecule has 36 nitrogen and oxygen atoms in total. The molecule has 7 rings (SSSR count). The second-order valence-electron chi connectivity index (χ2n) is 19.0. The Morgan fingerprint density at radius 2 is 0.723 bits per heavy atom. The number of hydrogen-bond acceptors (Lipinski definition) is 26. The highest BCUT2D eigenvalue weighted by molar-refractivity contribution is 5.92. The summed E-state index contributed by atoms with van der Waals surface area (Å²) in [6.07, 6.45) is 5.06. The zero-order valence-electron chi connectivity index (χ0n) is 52.0. The minimum Gasteiger partial charge on any atom is -0.508 e. The highest BCUT2D eigenvalue weighted by atomic mass is 16.5. The number of aryl methyl sites for hydroxylation is 1. The number of carboxylic acids is 10. The number of aromatic hydroxyl groups is 13. The first-order chi connectivity index (χ1) is 47.0. The van der Waals surface area contributed by atoms with Crippen molar-refractivity contribution in [3.05, 3.63) is 178 Å². The van der Waals surface area contributed by atoms with Crippen molar-refractivity contribution in [3.8, 4) is 86.2 Å². The van der Waals surface area contributed by atoms with E-state index in [-0.39, 0.29) is 86.4 Å². The molecular weight excluding hydrogens is 1360 g/mol. The molecule has 0 aliphatic heterocycles. The van der Waals surface area contributed by atoms with Gasteiger partial charge in [-0.25, -0.2) is 33.6 Å². The summed E-state index contributed by atoms with van der Waals surface area (Å²) in [7, 11) is 2.79. The number of methoxy groups -OCH3 is 2. The first-order valence-corrected chi connectivity index (χ1v) is 27.1. The van der Waals surface area contributed by atoms with E-state index in [9.17, 15) is 53.1 Å². The number of rotatable bonds is 19. The van der Waals surface area contributed by atoms with Crippen molar-refractivity contribution in [2.24, 2.45) is 0 Å². The Kier molecular flexibility index (Phi) is 36.5. The molecule has 0 aromatic heterocycles. The molecule has 0 atom stereocenters. The Hall–Kier alpha value is -14.6. The van der Waals surface area contributed by atoms with Gasteiger partial charge in [-0.15, -0.1) is 0 Å². The number of carbonyl (C=O) groups is 10. The van der Waals surface area contributed by atoms with Gasteiger partial charge >= 0.3 is 59.7 Å². The normalized spacial score (nSPS) is 10.1. The summed E-state index contributed by atoms with van der Waals surface area (Å²) >= 11 is 0. The number of carboxylic acid groups (broad SMARTS) is 10. The minimum absolute atomic E-state index is 0.0181. The summed E-state index contributed by atoms with van der Waals surface area (Å²) in [6.45, 7) is 0. The molecule has 7 aromatic carbocycles. The predicted octanol–water partition coefficient (Wildman–Crippen LogP) is 6.15. The van der Waals surface area contributed by atoms with Gasteiger partial charge in [-0.3, -0.25) is 14.4 Å². The van der Waals surface area contributed by atoms with Crippen molar-refractivity contribution in [2.75, 3.05) is 14.2 Å². The maximum atomic E-state index is 10.4. The zero-order valence-corrected chi connectivity index (χ0v) is 52.0. The molecule has 0 aliphatic rings. The molecular formula is C65H64O36. The molecule has 7 aromatic rings. The van der Waals surface area contributed by atoms with Crippen LogP contribution in [0.25, 0.3) is 18.2 Å². The fraction of sp³-hybridized carbons (Fsp3) is 0.108. The van der Waals surface area contributed by atoms with Gasteiger partial charge in [0.25, 0.3) is 0 Å². The SMILES string of the molecule is COc1cc(/C=C/C(=O)O)ccc1O.COc1cc(C(=O)O)ccc1O.O=C(O)/C=C/c1ccc(O)c(O)c1.O=C(O)/C=C/c1ccc(O)c(O)c1.O=C(O)CC(O)(CC(=O)O)C(=O)O.O=C(O)CCc1ccc(O)c(O)c1.O=C(O)c1cc(O)c(O)c(O)c1.O=C(O)c1cc(O)ccc1O. The van der Waals surface area contributed by atoms with Crippen LogP contribution in [0.3, 0.4) is 0 Å². The van der Waals surface area contributed by atoms with Gasteiger partial charge in [-0.2, -0.15) is 0 Å². The third kappa shape index (κ3) is 34.4. The molecule has 0 saturated carbocycles. The zero-order chi connectivity index (χ0) is 77.6. The van der Waals surface area contributed by atoms with E-state index in [4.69, 9.17) is 127 Å².